The van der Waals surface area contributed by atoms with E-state index in [1.807, 2.05) is 49.0 Å². The van der Waals surface area contributed by atoms with Gasteiger partial charge in [0.05, 0.1) is 18.8 Å². The fourth-order valence-electron chi connectivity index (χ4n) is 2.27. The average molecular weight is 372 g/mol. The fraction of sp³-hybridized carbons (Fsp3) is 0.421. The SMILES string of the molecule is CCNC(=NCc1cccc(OCC(=O)N(C)C)c1)NCc1ccnn1C. The first-order valence-electron chi connectivity index (χ1n) is 8.90. The van der Waals surface area contributed by atoms with E-state index in [4.69, 9.17) is 4.74 Å². The first-order valence-corrected chi connectivity index (χ1v) is 8.90. The molecule has 0 bridgehead atoms. The molecule has 0 saturated carbocycles. The minimum atomic E-state index is -0.0766. The molecule has 2 aromatic rings. The van der Waals surface area contributed by atoms with Gasteiger partial charge in [-0.15, -0.1) is 0 Å². The molecule has 2 rings (SSSR count). The van der Waals surface area contributed by atoms with Gasteiger partial charge in [0, 0.05) is 33.9 Å². The first kappa shape index (κ1) is 20.3. The van der Waals surface area contributed by atoms with Crippen molar-refractivity contribution in [2.45, 2.75) is 20.0 Å². The zero-order chi connectivity index (χ0) is 19.6. The molecule has 1 amide bonds. The minimum Gasteiger partial charge on any atom is -0.484 e. The van der Waals surface area contributed by atoms with Crippen molar-refractivity contribution in [3.63, 3.8) is 0 Å². The molecule has 0 aliphatic heterocycles. The molecular formula is C19H28N6O2. The summed E-state index contributed by atoms with van der Waals surface area (Å²) in [5.74, 6) is 1.31. The molecule has 0 atom stereocenters. The summed E-state index contributed by atoms with van der Waals surface area (Å²) in [5.41, 5.74) is 2.07. The second-order valence-electron chi connectivity index (χ2n) is 6.22. The molecule has 146 valence electrons. The Balaban J connectivity index is 1.95. The molecule has 0 radical (unpaired) electrons. The van der Waals surface area contributed by atoms with Crippen molar-refractivity contribution >= 4 is 11.9 Å². The van der Waals surface area contributed by atoms with Crippen LogP contribution in [0.3, 0.4) is 0 Å². The minimum absolute atomic E-state index is 0.0224. The van der Waals surface area contributed by atoms with E-state index in [2.05, 4.69) is 20.7 Å². The van der Waals surface area contributed by atoms with Gasteiger partial charge >= 0.3 is 0 Å². The van der Waals surface area contributed by atoms with Crippen molar-refractivity contribution in [2.75, 3.05) is 27.2 Å². The van der Waals surface area contributed by atoms with Gasteiger partial charge in [-0.1, -0.05) is 12.1 Å². The maximum atomic E-state index is 11.6. The van der Waals surface area contributed by atoms with Gasteiger partial charge < -0.3 is 20.3 Å². The van der Waals surface area contributed by atoms with Gasteiger partial charge in [0.1, 0.15) is 5.75 Å². The molecule has 8 heteroatoms. The summed E-state index contributed by atoms with van der Waals surface area (Å²) in [7, 11) is 5.32. The van der Waals surface area contributed by atoms with E-state index in [1.165, 1.54) is 4.90 Å². The number of aromatic nitrogens is 2. The lowest BCUT2D eigenvalue weighted by Crippen LogP contribution is -2.37. The standard InChI is InChI=1S/C19H28N6O2/c1-5-20-19(22-13-16-9-10-23-25(16)4)21-12-15-7-6-8-17(11-15)27-14-18(26)24(2)3/h6-11H,5,12-14H2,1-4H3,(H2,20,21,22). The van der Waals surface area contributed by atoms with Gasteiger partial charge in [0.2, 0.25) is 0 Å². The Hall–Kier alpha value is -3.03. The number of rotatable bonds is 8. The number of guanidine groups is 1. The van der Waals surface area contributed by atoms with Crippen molar-refractivity contribution in [3.05, 3.63) is 47.8 Å². The number of ether oxygens (including phenoxy) is 1. The lowest BCUT2D eigenvalue weighted by atomic mass is 10.2. The number of hydrogen-bond donors (Lipinski definition) is 2. The number of nitrogens with zero attached hydrogens (tertiary/aromatic N) is 4. The lowest BCUT2D eigenvalue weighted by molar-refractivity contribution is -0.130. The van der Waals surface area contributed by atoms with E-state index >= 15 is 0 Å². The number of amides is 1. The van der Waals surface area contributed by atoms with E-state index in [0.29, 0.717) is 18.8 Å². The molecule has 8 nitrogen and oxygen atoms in total. The number of hydrogen-bond acceptors (Lipinski definition) is 4. The number of nitrogens with one attached hydrogen (secondary N) is 2. The third kappa shape index (κ3) is 6.65. The van der Waals surface area contributed by atoms with E-state index in [-0.39, 0.29) is 12.5 Å². The number of aryl methyl sites for hydroxylation is 1. The van der Waals surface area contributed by atoms with Crippen molar-refractivity contribution in [3.8, 4) is 5.75 Å². The van der Waals surface area contributed by atoms with Gasteiger partial charge in [-0.05, 0) is 30.7 Å². The van der Waals surface area contributed by atoms with Crippen LogP contribution < -0.4 is 15.4 Å². The van der Waals surface area contributed by atoms with Crippen LogP contribution in [0.2, 0.25) is 0 Å². The van der Waals surface area contributed by atoms with Crippen LogP contribution in [0.15, 0.2) is 41.5 Å². The van der Waals surface area contributed by atoms with Crippen LogP contribution in [-0.2, 0) is 24.9 Å². The van der Waals surface area contributed by atoms with Gasteiger partial charge in [0.25, 0.3) is 5.91 Å². The zero-order valence-corrected chi connectivity index (χ0v) is 16.4. The molecular weight excluding hydrogens is 344 g/mol. The quantitative estimate of drug-likeness (QED) is 0.536. The Morgan fingerprint density at radius 3 is 2.78 bits per heavy atom. The van der Waals surface area contributed by atoms with E-state index in [9.17, 15) is 4.79 Å². The normalized spacial score (nSPS) is 11.2. The molecule has 1 aromatic carbocycles. The summed E-state index contributed by atoms with van der Waals surface area (Å²) in [6.45, 7) is 3.96. The summed E-state index contributed by atoms with van der Waals surface area (Å²) in [6.07, 6.45) is 1.77. The summed E-state index contributed by atoms with van der Waals surface area (Å²) in [6, 6.07) is 9.58. The van der Waals surface area contributed by atoms with Crippen molar-refractivity contribution in [2.24, 2.45) is 12.0 Å². The highest BCUT2D eigenvalue weighted by Gasteiger charge is 2.06. The first-order chi connectivity index (χ1) is 13.0. The summed E-state index contributed by atoms with van der Waals surface area (Å²) in [5, 5.41) is 10.7. The zero-order valence-electron chi connectivity index (χ0n) is 16.4. The number of benzene rings is 1. The molecule has 0 spiro atoms. The van der Waals surface area contributed by atoms with Crippen LogP contribution >= 0.6 is 0 Å². The number of carbonyl (C=O) groups is 1. The van der Waals surface area contributed by atoms with Crippen LogP contribution in [0.25, 0.3) is 0 Å². The fourth-order valence-corrected chi connectivity index (χ4v) is 2.27. The molecule has 0 saturated heterocycles. The average Bonchev–Trinajstić information content (AvgIpc) is 3.07. The number of aliphatic imine (C=N–C) groups is 1. The predicted octanol–water partition coefficient (Wildman–Crippen LogP) is 1.14. The van der Waals surface area contributed by atoms with Crippen LogP contribution in [0.1, 0.15) is 18.2 Å². The number of likely N-dealkylation sites (N-methyl/N-ethyl adjacent to an activating group) is 1. The highest BCUT2D eigenvalue weighted by Crippen LogP contribution is 2.14. The lowest BCUT2D eigenvalue weighted by Gasteiger charge is -2.13. The van der Waals surface area contributed by atoms with Gasteiger partial charge in [-0.2, -0.15) is 5.10 Å². The Bertz CT molecular complexity index is 769. The largest absolute Gasteiger partial charge is 0.484 e. The molecule has 0 unspecified atom stereocenters. The summed E-state index contributed by atoms with van der Waals surface area (Å²) < 4.78 is 7.38. The van der Waals surface area contributed by atoms with Gasteiger partial charge in [-0.25, -0.2) is 4.99 Å². The van der Waals surface area contributed by atoms with Crippen molar-refractivity contribution in [1.82, 2.24) is 25.3 Å². The molecule has 2 N–H and O–H groups in total. The maximum absolute atomic E-state index is 11.6. The topological polar surface area (TPSA) is 83.8 Å². The van der Waals surface area contributed by atoms with E-state index < -0.39 is 0 Å². The second kappa shape index (κ2) is 10.2. The molecule has 0 aliphatic carbocycles. The Kier molecular flexibility index (Phi) is 7.66. The van der Waals surface area contributed by atoms with Crippen LogP contribution in [0.5, 0.6) is 5.75 Å². The predicted molar refractivity (Wildman–Crippen MR) is 105 cm³/mol. The highest BCUT2D eigenvalue weighted by molar-refractivity contribution is 5.79. The summed E-state index contributed by atoms with van der Waals surface area (Å²) >= 11 is 0. The Labute approximate surface area is 160 Å². The smallest absolute Gasteiger partial charge is 0.259 e. The second-order valence-corrected chi connectivity index (χ2v) is 6.22. The Morgan fingerprint density at radius 1 is 1.30 bits per heavy atom. The molecule has 0 fully saturated rings. The molecule has 27 heavy (non-hydrogen) atoms. The monoisotopic (exact) mass is 372 g/mol. The molecule has 1 heterocycles. The van der Waals surface area contributed by atoms with Gasteiger partial charge in [0.15, 0.2) is 12.6 Å². The van der Waals surface area contributed by atoms with Crippen molar-refractivity contribution in [1.29, 1.82) is 0 Å². The Morgan fingerprint density at radius 2 is 2.11 bits per heavy atom. The van der Waals surface area contributed by atoms with Crippen LogP contribution in [0.4, 0.5) is 0 Å². The number of carbonyl (C=O) groups excluding carboxylic acids is 1. The van der Waals surface area contributed by atoms with Crippen LogP contribution in [0, 0.1) is 0 Å². The van der Waals surface area contributed by atoms with E-state index in [1.54, 1.807) is 20.3 Å². The third-order valence-electron chi connectivity index (χ3n) is 3.88. The van der Waals surface area contributed by atoms with Crippen LogP contribution in [-0.4, -0.2) is 53.8 Å². The van der Waals surface area contributed by atoms with Gasteiger partial charge in [-0.3, -0.25) is 9.48 Å². The molecule has 1 aromatic heterocycles. The third-order valence-corrected chi connectivity index (χ3v) is 3.88. The maximum Gasteiger partial charge on any atom is 0.259 e. The summed E-state index contributed by atoms with van der Waals surface area (Å²) in [4.78, 5) is 17.8. The highest BCUT2D eigenvalue weighted by atomic mass is 16.5. The molecule has 0 aliphatic rings. The van der Waals surface area contributed by atoms with Crippen molar-refractivity contribution < 1.29 is 9.53 Å². The van der Waals surface area contributed by atoms with E-state index in [0.717, 1.165) is 23.8 Å².